The maximum atomic E-state index is 10.4. The van der Waals surface area contributed by atoms with Gasteiger partial charge < -0.3 is 9.52 Å². The van der Waals surface area contributed by atoms with Gasteiger partial charge in [-0.25, -0.2) is 0 Å². The van der Waals surface area contributed by atoms with Crippen molar-refractivity contribution in [3.63, 3.8) is 0 Å². The summed E-state index contributed by atoms with van der Waals surface area (Å²) >= 11 is 0. The predicted molar refractivity (Wildman–Crippen MR) is 72.6 cm³/mol. The molecule has 1 heterocycles. The molecule has 0 fully saturated rings. The molecule has 0 spiro atoms. The second-order valence-electron chi connectivity index (χ2n) is 4.55. The first-order valence-electron chi connectivity index (χ1n) is 6.59. The van der Waals surface area contributed by atoms with Gasteiger partial charge in [0.05, 0.1) is 6.26 Å². The standard InChI is InChI=1S/C16H20O2/c1-3-6-12-7-5-8-13(11-12)16(17)14-9-10-18-15(14)4-2/h5,7-11,16-17H,3-4,6H2,1-2H3. The van der Waals surface area contributed by atoms with Crippen LogP contribution in [-0.4, -0.2) is 5.11 Å². The molecule has 2 nitrogen and oxygen atoms in total. The van der Waals surface area contributed by atoms with Gasteiger partial charge in [0.1, 0.15) is 11.9 Å². The van der Waals surface area contributed by atoms with Gasteiger partial charge in [0, 0.05) is 12.0 Å². The Bertz CT molecular complexity index is 499. The number of aliphatic hydroxyl groups is 1. The van der Waals surface area contributed by atoms with Crippen molar-refractivity contribution in [2.45, 2.75) is 39.2 Å². The number of aryl methyl sites for hydroxylation is 2. The van der Waals surface area contributed by atoms with Gasteiger partial charge in [0.15, 0.2) is 0 Å². The lowest BCUT2D eigenvalue weighted by Gasteiger charge is -2.12. The van der Waals surface area contributed by atoms with Crippen molar-refractivity contribution in [1.82, 2.24) is 0 Å². The van der Waals surface area contributed by atoms with Crippen molar-refractivity contribution in [3.05, 3.63) is 59.0 Å². The van der Waals surface area contributed by atoms with E-state index in [0.29, 0.717) is 0 Å². The van der Waals surface area contributed by atoms with Crippen LogP contribution < -0.4 is 0 Å². The number of hydrogen-bond donors (Lipinski definition) is 1. The fourth-order valence-corrected chi connectivity index (χ4v) is 2.27. The highest BCUT2D eigenvalue weighted by atomic mass is 16.3. The number of benzene rings is 1. The molecule has 1 N–H and O–H groups in total. The van der Waals surface area contributed by atoms with Crippen LogP contribution in [0.4, 0.5) is 0 Å². The third-order valence-electron chi connectivity index (χ3n) is 3.20. The molecule has 2 rings (SSSR count). The van der Waals surface area contributed by atoms with E-state index < -0.39 is 6.10 Å². The Hall–Kier alpha value is -1.54. The summed E-state index contributed by atoms with van der Waals surface area (Å²) in [7, 11) is 0. The van der Waals surface area contributed by atoms with Crippen LogP contribution in [0.25, 0.3) is 0 Å². The van der Waals surface area contributed by atoms with Gasteiger partial charge in [-0.05, 0) is 23.6 Å². The van der Waals surface area contributed by atoms with Crippen LogP contribution in [0, 0.1) is 0 Å². The first-order chi connectivity index (χ1) is 8.76. The highest BCUT2D eigenvalue weighted by molar-refractivity contribution is 5.33. The molecule has 2 aromatic rings. The van der Waals surface area contributed by atoms with Crippen molar-refractivity contribution in [3.8, 4) is 0 Å². The summed E-state index contributed by atoms with van der Waals surface area (Å²) in [6.45, 7) is 4.19. The molecule has 96 valence electrons. The molecule has 0 aliphatic rings. The maximum Gasteiger partial charge on any atom is 0.109 e. The first-order valence-corrected chi connectivity index (χ1v) is 6.59. The fraction of sp³-hybridized carbons (Fsp3) is 0.375. The van der Waals surface area contributed by atoms with E-state index in [9.17, 15) is 5.11 Å². The Balaban J connectivity index is 2.28. The summed E-state index contributed by atoms with van der Waals surface area (Å²) in [5.41, 5.74) is 3.10. The van der Waals surface area contributed by atoms with Gasteiger partial charge in [-0.1, -0.05) is 44.5 Å². The molecule has 2 heteroatoms. The number of furan rings is 1. The summed E-state index contributed by atoms with van der Waals surface area (Å²) in [6, 6.07) is 10.0. The van der Waals surface area contributed by atoms with Crippen LogP contribution in [0.2, 0.25) is 0 Å². The third kappa shape index (κ3) is 2.65. The van der Waals surface area contributed by atoms with Crippen LogP contribution in [-0.2, 0) is 12.8 Å². The zero-order chi connectivity index (χ0) is 13.0. The SMILES string of the molecule is CCCc1cccc(C(O)c2ccoc2CC)c1. The highest BCUT2D eigenvalue weighted by Crippen LogP contribution is 2.27. The van der Waals surface area contributed by atoms with Crippen LogP contribution >= 0.6 is 0 Å². The van der Waals surface area contributed by atoms with E-state index in [0.717, 1.165) is 36.1 Å². The average Bonchev–Trinajstić information content (AvgIpc) is 2.87. The second-order valence-corrected chi connectivity index (χ2v) is 4.55. The second kappa shape index (κ2) is 5.87. The van der Waals surface area contributed by atoms with E-state index in [1.807, 2.05) is 25.1 Å². The molecule has 0 aliphatic carbocycles. The molecule has 0 saturated heterocycles. The van der Waals surface area contributed by atoms with Gasteiger partial charge in [0.25, 0.3) is 0 Å². The zero-order valence-electron chi connectivity index (χ0n) is 11.0. The highest BCUT2D eigenvalue weighted by Gasteiger charge is 2.16. The Morgan fingerprint density at radius 1 is 1.22 bits per heavy atom. The Morgan fingerprint density at radius 2 is 2.06 bits per heavy atom. The Morgan fingerprint density at radius 3 is 2.78 bits per heavy atom. The van der Waals surface area contributed by atoms with Gasteiger partial charge in [-0.2, -0.15) is 0 Å². The molecule has 1 unspecified atom stereocenters. The van der Waals surface area contributed by atoms with Gasteiger partial charge in [-0.15, -0.1) is 0 Å². The molecule has 0 amide bonds. The minimum absolute atomic E-state index is 0.587. The quantitative estimate of drug-likeness (QED) is 0.866. The molecular weight excluding hydrogens is 224 g/mol. The average molecular weight is 244 g/mol. The van der Waals surface area contributed by atoms with E-state index in [2.05, 4.69) is 19.1 Å². The normalized spacial score (nSPS) is 12.6. The van der Waals surface area contributed by atoms with Crippen molar-refractivity contribution in [2.24, 2.45) is 0 Å². The van der Waals surface area contributed by atoms with Crippen molar-refractivity contribution in [2.75, 3.05) is 0 Å². The molecule has 1 aromatic heterocycles. The Labute approximate surface area is 108 Å². The number of aliphatic hydroxyl groups excluding tert-OH is 1. The van der Waals surface area contributed by atoms with E-state index in [1.54, 1.807) is 6.26 Å². The van der Waals surface area contributed by atoms with Crippen LogP contribution in [0.15, 0.2) is 41.0 Å². The van der Waals surface area contributed by atoms with E-state index >= 15 is 0 Å². The summed E-state index contributed by atoms with van der Waals surface area (Å²) in [5.74, 6) is 0.864. The minimum Gasteiger partial charge on any atom is -0.469 e. The maximum absolute atomic E-state index is 10.4. The summed E-state index contributed by atoms with van der Waals surface area (Å²) < 4.78 is 5.37. The summed E-state index contributed by atoms with van der Waals surface area (Å²) in [6.07, 6.45) is 4.02. The fourth-order valence-electron chi connectivity index (χ4n) is 2.27. The van der Waals surface area contributed by atoms with Crippen molar-refractivity contribution < 1.29 is 9.52 Å². The monoisotopic (exact) mass is 244 g/mol. The number of hydrogen-bond acceptors (Lipinski definition) is 2. The Kier molecular flexibility index (Phi) is 4.21. The summed E-state index contributed by atoms with van der Waals surface area (Å²) in [5, 5.41) is 10.4. The smallest absolute Gasteiger partial charge is 0.109 e. The van der Waals surface area contributed by atoms with E-state index in [4.69, 9.17) is 4.42 Å². The largest absolute Gasteiger partial charge is 0.469 e. The molecule has 0 radical (unpaired) electrons. The van der Waals surface area contributed by atoms with Crippen LogP contribution in [0.5, 0.6) is 0 Å². The van der Waals surface area contributed by atoms with Crippen molar-refractivity contribution in [1.29, 1.82) is 0 Å². The molecule has 0 saturated carbocycles. The summed E-state index contributed by atoms with van der Waals surface area (Å²) in [4.78, 5) is 0. The molecule has 0 aliphatic heterocycles. The molecule has 1 atom stereocenters. The minimum atomic E-state index is -0.587. The lowest BCUT2D eigenvalue weighted by molar-refractivity contribution is 0.217. The van der Waals surface area contributed by atoms with E-state index in [-0.39, 0.29) is 0 Å². The van der Waals surface area contributed by atoms with Crippen LogP contribution in [0.3, 0.4) is 0 Å². The molecule has 0 bridgehead atoms. The van der Waals surface area contributed by atoms with Crippen LogP contribution in [0.1, 0.15) is 48.8 Å². The van der Waals surface area contributed by atoms with Crippen molar-refractivity contribution >= 4 is 0 Å². The van der Waals surface area contributed by atoms with Gasteiger partial charge in [-0.3, -0.25) is 0 Å². The zero-order valence-corrected chi connectivity index (χ0v) is 11.0. The topological polar surface area (TPSA) is 33.4 Å². The van der Waals surface area contributed by atoms with E-state index in [1.165, 1.54) is 5.56 Å². The van der Waals surface area contributed by atoms with Gasteiger partial charge in [0.2, 0.25) is 0 Å². The molecular formula is C16H20O2. The lowest BCUT2D eigenvalue weighted by atomic mass is 9.98. The first kappa shape index (κ1) is 12.9. The third-order valence-corrected chi connectivity index (χ3v) is 3.20. The lowest BCUT2D eigenvalue weighted by Crippen LogP contribution is -2.01. The predicted octanol–water partition coefficient (Wildman–Crippen LogP) is 3.88. The van der Waals surface area contributed by atoms with Gasteiger partial charge >= 0.3 is 0 Å². The molecule has 18 heavy (non-hydrogen) atoms. The molecule has 1 aromatic carbocycles. The number of rotatable bonds is 5.